The Morgan fingerprint density at radius 3 is 2.54 bits per heavy atom. The predicted molar refractivity (Wildman–Crippen MR) is 138 cm³/mol. The fraction of sp³-hybridized carbons (Fsp3) is 0.115. The van der Waals surface area contributed by atoms with Gasteiger partial charge in [0, 0.05) is 27.5 Å². The second kappa shape index (κ2) is 9.44. The van der Waals surface area contributed by atoms with Gasteiger partial charge in [-0.2, -0.15) is 4.98 Å². The second-order valence-corrected chi connectivity index (χ2v) is 8.80. The monoisotopic (exact) mass is 505 g/mol. The van der Waals surface area contributed by atoms with Gasteiger partial charge in [-0.3, -0.25) is 4.79 Å². The van der Waals surface area contributed by atoms with Gasteiger partial charge >= 0.3 is 0 Å². The Kier molecular flexibility index (Phi) is 6.19. The summed E-state index contributed by atoms with van der Waals surface area (Å²) in [5, 5.41) is 11.9. The summed E-state index contributed by atoms with van der Waals surface area (Å²) in [5.41, 5.74) is 3.24. The van der Waals surface area contributed by atoms with Crippen molar-refractivity contribution in [3.05, 3.63) is 99.7 Å². The molecule has 0 saturated heterocycles. The van der Waals surface area contributed by atoms with Gasteiger partial charge in [0.05, 0.1) is 17.7 Å². The highest BCUT2D eigenvalue weighted by atomic mass is 35.5. The van der Waals surface area contributed by atoms with E-state index in [1.807, 2.05) is 61.5 Å². The molecule has 1 unspecified atom stereocenters. The van der Waals surface area contributed by atoms with E-state index in [1.165, 1.54) is 0 Å². The zero-order valence-corrected chi connectivity index (χ0v) is 20.4. The number of hydrogen-bond acceptors (Lipinski definition) is 5. The first kappa shape index (κ1) is 23.0. The lowest BCUT2D eigenvalue weighted by atomic mass is 9.94. The number of carbonyl (C=O) groups is 1. The minimum Gasteiger partial charge on any atom is -0.496 e. The van der Waals surface area contributed by atoms with Crippen molar-refractivity contribution >= 4 is 40.7 Å². The Labute approximate surface area is 212 Å². The minimum absolute atomic E-state index is 0.260. The molecule has 9 heteroatoms. The van der Waals surface area contributed by atoms with Crippen molar-refractivity contribution in [1.29, 1.82) is 0 Å². The number of anilines is 2. The van der Waals surface area contributed by atoms with Crippen molar-refractivity contribution in [2.75, 3.05) is 17.7 Å². The van der Waals surface area contributed by atoms with Crippen molar-refractivity contribution in [1.82, 2.24) is 14.8 Å². The van der Waals surface area contributed by atoms with Crippen LogP contribution in [0.4, 0.5) is 11.6 Å². The average Bonchev–Trinajstić information content (AvgIpc) is 3.26. The molecule has 0 radical (unpaired) electrons. The molecule has 176 valence electrons. The lowest BCUT2D eigenvalue weighted by Crippen LogP contribution is -2.31. The van der Waals surface area contributed by atoms with Crippen LogP contribution >= 0.6 is 23.2 Å². The number of para-hydroxylation sites is 2. The number of methoxy groups -OCH3 is 1. The van der Waals surface area contributed by atoms with Gasteiger partial charge in [0.25, 0.3) is 5.91 Å². The van der Waals surface area contributed by atoms with Gasteiger partial charge in [-0.1, -0.05) is 59.6 Å². The van der Waals surface area contributed by atoms with Crippen LogP contribution in [0.5, 0.6) is 5.75 Å². The Morgan fingerprint density at radius 2 is 1.80 bits per heavy atom. The summed E-state index contributed by atoms with van der Waals surface area (Å²) in [7, 11) is 1.60. The summed E-state index contributed by atoms with van der Waals surface area (Å²) in [5.74, 6) is 1.26. The fourth-order valence-electron chi connectivity index (χ4n) is 4.13. The smallest absolute Gasteiger partial charge is 0.255 e. The molecule has 0 fully saturated rings. The molecular weight excluding hydrogens is 485 g/mol. The molecular formula is C26H21Cl2N5O2. The van der Waals surface area contributed by atoms with Gasteiger partial charge in [-0.25, -0.2) is 4.68 Å². The molecule has 0 aliphatic carbocycles. The molecule has 1 aromatic heterocycles. The highest BCUT2D eigenvalue weighted by Crippen LogP contribution is 2.40. The van der Waals surface area contributed by atoms with E-state index in [-0.39, 0.29) is 5.91 Å². The Bertz CT molecular complexity index is 1450. The van der Waals surface area contributed by atoms with Crippen LogP contribution < -0.4 is 15.4 Å². The number of ether oxygens (including phenoxy) is 1. The van der Waals surface area contributed by atoms with Crippen LogP contribution in [0.25, 0.3) is 11.4 Å². The van der Waals surface area contributed by atoms with Crippen LogP contribution in [0.2, 0.25) is 10.0 Å². The Hall–Kier alpha value is -3.81. The third-order valence-corrected chi connectivity index (χ3v) is 6.28. The largest absolute Gasteiger partial charge is 0.496 e. The lowest BCUT2D eigenvalue weighted by Gasteiger charge is -2.29. The number of carbonyl (C=O) groups excluding carboxylic acids is 1. The summed E-state index contributed by atoms with van der Waals surface area (Å²) < 4.78 is 7.33. The van der Waals surface area contributed by atoms with E-state index < -0.39 is 6.04 Å². The summed E-state index contributed by atoms with van der Waals surface area (Å²) in [6.07, 6.45) is 0. The normalized spacial score (nSPS) is 14.8. The highest BCUT2D eigenvalue weighted by molar-refractivity contribution is 6.36. The molecule has 2 heterocycles. The van der Waals surface area contributed by atoms with E-state index in [0.29, 0.717) is 50.1 Å². The van der Waals surface area contributed by atoms with Crippen LogP contribution in [-0.4, -0.2) is 27.8 Å². The van der Waals surface area contributed by atoms with E-state index in [2.05, 4.69) is 15.6 Å². The highest BCUT2D eigenvalue weighted by Gasteiger charge is 2.36. The minimum atomic E-state index is -0.599. The van der Waals surface area contributed by atoms with Crippen LogP contribution in [0, 0.1) is 0 Å². The van der Waals surface area contributed by atoms with Crippen molar-refractivity contribution in [2.45, 2.75) is 13.0 Å². The summed E-state index contributed by atoms with van der Waals surface area (Å²) in [4.78, 5) is 18.3. The molecule has 1 amide bonds. The first-order valence-electron chi connectivity index (χ1n) is 10.9. The third-order valence-electron chi connectivity index (χ3n) is 5.73. The molecule has 0 bridgehead atoms. The third kappa shape index (κ3) is 4.36. The number of aromatic nitrogens is 3. The second-order valence-electron chi connectivity index (χ2n) is 7.96. The molecule has 1 atom stereocenters. The zero-order valence-electron chi connectivity index (χ0n) is 18.9. The summed E-state index contributed by atoms with van der Waals surface area (Å²) in [6, 6.07) is 21.4. The van der Waals surface area contributed by atoms with Crippen LogP contribution in [0.3, 0.4) is 0 Å². The van der Waals surface area contributed by atoms with Crippen molar-refractivity contribution in [3.63, 3.8) is 0 Å². The predicted octanol–water partition coefficient (Wildman–Crippen LogP) is 6.19. The van der Waals surface area contributed by atoms with Gasteiger partial charge in [-0.05, 0) is 43.3 Å². The van der Waals surface area contributed by atoms with Crippen molar-refractivity contribution in [2.24, 2.45) is 0 Å². The van der Waals surface area contributed by atoms with E-state index >= 15 is 0 Å². The number of amides is 1. The molecule has 0 saturated carbocycles. The number of hydrogen-bond donors (Lipinski definition) is 2. The Morgan fingerprint density at radius 1 is 1.06 bits per heavy atom. The summed E-state index contributed by atoms with van der Waals surface area (Å²) in [6.45, 7) is 1.84. The fourth-order valence-corrected chi connectivity index (χ4v) is 4.62. The molecule has 3 aromatic carbocycles. The topological polar surface area (TPSA) is 81.1 Å². The first-order valence-corrected chi connectivity index (χ1v) is 11.6. The molecule has 4 aromatic rings. The molecule has 2 N–H and O–H groups in total. The van der Waals surface area contributed by atoms with Crippen LogP contribution in [0.15, 0.2) is 84.1 Å². The number of halogens is 2. The maximum Gasteiger partial charge on any atom is 0.255 e. The standard InChI is InChI=1S/C26H21Cl2N5O2/c1-15-22(25(34)30-17-8-4-3-5-9-17)23(19-10-6-7-11-21(19)35-2)33-26(29-15)31-24(32-33)18-13-12-16(27)14-20(18)28/h3-14,23H,1-2H3,(H,30,34)(H,29,31,32). The zero-order chi connectivity index (χ0) is 24.5. The Balaban J connectivity index is 1.65. The van der Waals surface area contributed by atoms with Crippen LogP contribution in [-0.2, 0) is 4.79 Å². The first-order chi connectivity index (χ1) is 17.0. The van der Waals surface area contributed by atoms with E-state index in [0.717, 1.165) is 5.56 Å². The number of rotatable bonds is 5. The van der Waals surface area contributed by atoms with Gasteiger partial charge in [0.2, 0.25) is 5.95 Å². The average molecular weight is 506 g/mol. The van der Waals surface area contributed by atoms with Gasteiger partial charge in [-0.15, -0.1) is 5.10 Å². The van der Waals surface area contributed by atoms with Gasteiger partial charge in [0.15, 0.2) is 5.82 Å². The van der Waals surface area contributed by atoms with Crippen LogP contribution in [0.1, 0.15) is 18.5 Å². The number of nitrogens with zero attached hydrogens (tertiary/aromatic N) is 3. The maximum atomic E-state index is 13.6. The van der Waals surface area contributed by atoms with Gasteiger partial charge in [0.1, 0.15) is 11.8 Å². The molecule has 1 aliphatic heterocycles. The number of allylic oxidation sites excluding steroid dienone is 1. The molecule has 1 aliphatic rings. The summed E-state index contributed by atoms with van der Waals surface area (Å²) >= 11 is 12.5. The quantitative estimate of drug-likeness (QED) is 0.338. The number of benzene rings is 3. The van der Waals surface area contributed by atoms with E-state index in [1.54, 1.807) is 30.0 Å². The molecule has 5 rings (SSSR count). The maximum absolute atomic E-state index is 13.6. The lowest BCUT2D eigenvalue weighted by molar-refractivity contribution is -0.113. The molecule has 35 heavy (non-hydrogen) atoms. The van der Waals surface area contributed by atoms with E-state index in [4.69, 9.17) is 33.0 Å². The SMILES string of the molecule is COc1ccccc1C1C(C(=O)Nc2ccccc2)=C(C)Nc2nc(-c3ccc(Cl)cc3Cl)nn21. The number of fused-ring (bicyclic) bond motifs is 1. The molecule has 7 nitrogen and oxygen atoms in total. The van der Waals surface area contributed by atoms with Gasteiger partial charge < -0.3 is 15.4 Å². The van der Waals surface area contributed by atoms with Crippen molar-refractivity contribution in [3.8, 4) is 17.1 Å². The van der Waals surface area contributed by atoms with E-state index in [9.17, 15) is 4.79 Å². The van der Waals surface area contributed by atoms with Crippen molar-refractivity contribution < 1.29 is 9.53 Å². The number of nitrogens with one attached hydrogen (secondary N) is 2. The molecule has 0 spiro atoms.